The summed E-state index contributed by atoms with van der Waals surface area (Å²) in [5.41, 5.74) is 1.35. The fourth-order valence-corrected chi connectivity index (χ4v) is 2.33. The van der Waals surface area contributed by atoms with E-state index in [1.807, 2.05) is 41.1 Å². The lowest BCUT2D eigenvalue weighted by Gasteiger charge is -2.05. The number of nitrogens with one attached hydrogen (secondary N) is 1. The van der Waals surface area contributed by atoms with Crippen LogP contribution in [-0.2, 0) is 11.3 Å². The highest BCUT2D eigenvalue weighted by Gasteiger charge is 2.04. The van der Waals surface area contributed by atoms with Crippen LogP contribution >= 0.6 is 0 Å². The van der Waals surface area contributed by atoms with Gasteiger partial charge in [0.1, 0.15) is 12.4 Å². The molecule has 0 radical (unpaired) electrons. The Hall–Kier alpha value is -3.06. The molecule has 1 amide bonds. The van der Waals surface area contributed by atoms with Crippen LogP contribution < -0.4 is 5.32 Å². The molecule has 0 fully saturated rings. The number of amides is 1. The molecule has 23 heavy (non-hydrogen) atoms. The normalized spacial score (nSPS) is 10.1. The highest BCUT2D eigenvalue weighted by molar-refractivity contribution is 5.83. The van der Waals surface area contributed by atoms with Gasteiger partial charge in [-0.3, -0.25) is 4.79 Å². The van der Waals surface area contributed by atoms with Gasteiger partial charge in [-0.25, -0.2) is 4.39 Å². The number of para-hydroxylation sites is 1. The van der Waals surface area contributed by atoms with Crippen LogP contribution in [0, 0.1) is 17.7 Å². The Balaban J connectivity index is 1.58. The fraction of sp³-hybridized carbons (Fsp3) is 0.105. The number of halogens is 1. The maximum Gasteiger partial charge on any atom is 0.240 e. The van der Waals surface area contributed by atoms with Gasteiger partial charge in [-0.2, -0.15) is 0 Å². The lowest BCUT2D eigenvalue weighted by atomic mass is 10.2. The molecule has 0 aliphatic carbocycles. The summed E-state index contributed by atoms with van der Waals surface area (Å²) in [7, 11) is 0. The van der Waals surface area contributed by atoms with Gasteiger partial charge in [-0.1, -0.05) is 42.2 Å². The zero-order valence-corrected chi connectivity index (χ0v) is 12.4. The number of carbonyl (C=O) groups excluding carboxylic acids is 1. The van der Waals surface area contributed by atoms with E-state index in [2.05, 4.69) is 17.2 Å². The highest BCUT2D eigenvalue weighted by atomic mass is 19.1. The Kier molecular flexibility index (Phi) is 4.39. The summed E-state index contributed by atoms with van der Waals surface area (Å²) >= 11 is 0. The molecule has 3 nitrogen and oxygen atoms in total. The molecule has 114 valence electrons. The standard InChI is InChI=1S/C19H15FN2O/c20-17-9-3-1-6-15(17)8-5-12-21-19(23)14-22-13-11-16-7-2-4-10-18(16)22/h1-4,6-7,9-11,13H,12,14H2,(H,21,23). The zero-order valence-electron chi connectivity index (χ0n) is 12.4. The first kappa shape index (κ1) is 14.9. The SMILES string of the molecule is O=C(Cn1ccc2ccccc21)NCC#Cc1ccccc1F. The molecule has 0 atom stereocenters. The van der Waals surface area contributed by atoms with Gasteiger partial charge in [0.05, 0.1) is 12.1 Å². The predicted octanol–water partition coefficient (Wildman–Crippen LogP) is 2.95. The van der Waals surface area contributed by atoms with Gasteiger partial charge in [0, 0.05) is 11.7 Å². The van der Waals surface area contributed by atoms with E-state index in [0.717, 1.165) is 10.9 Å². The minimum atomic E-state index is -0.356. The van der Waals surface area contributed by atoms with E-state index in [1.165, 1.54) is 6.07 Å². The summed E-state index contributed by atoms with van der Waals surface area (Å²) < 4.78 is 15.3. The maximum absolute atomic E-state index is 13.4. The van der Waals surface area contributed by atoms with Crippen molar-refractivity contribution in [3.63, 3.8) is 0 Å². The second-order valence-corrected chi connectivity index (χ2v) is 5.06. The van der Waals surface area contributed by atoms with Crippen molar-refractivity contribution >= 4 is 16.8 Å². The van der Waals surface area contributed by atoms with Gasteiger partial charge in [-0.05, 0) is 29.7 Å². The smallest absolute Gasteiger partial charge is 0.240 e. The van der Waals surface area contributed by atoms with Gasteiger partial charge in [0.25, 0.3) is 0 Å². The first-order valence-electron chi connectivity index (χ1n) is 7.28. The van der Waals surface area contributed by atoms with Crippen molar-refractivity contribution in [2.45, 2.75) is 6.54 Å². The molecule has 0 spiro atoms. The largest absolute Gasteiger partial charge is 0.344 e. The fourth-order valence-electron chi connectivity index (χ4n) is 2.33. The number of carbonyl (C=O) groups is 1. The van der Waals surface area contributed by atoms with E-state index in [-0.39, 0.29) is 24.8 Å². The van der Waals surface area contributed by atoms with Gasteiger partial charge in [0.15, 0.2) is 0 Å². The first-order chi connectivity index (χ1) is 11.2. The minimum Gasteiger partial charge on any atom is -0.344 e. The average molecular weight is 306 g/mol. The Morgan fingerprint density at radius 1 is 1.09 bits per heavy atom. The Morgan fingerprint density at radius 3 is 2.74 bits per heavy atom. The Morgan fingerprint density at radius 2 is 1.87 bits per heavy atom. The summed E-state index contributed by atoms with van der Waals surface area (Å²) in [4.78, 5) is 12.0. The van der Waals surface area contributed by atoms with Crippen LogP contribution in [0.25, 0.3) is 10.9 Å². The molecule has 1 aromatic heterocycles. The summed E-state index contributed by atoms with van der Waals surface area (Å²) in [5.74, 6) is 4.98. The number of benzene rings is 2. The second-order valence-electron chi connectivity index (χ2n) is 5.06. The van der Waals surface area contributed by atoms with Crippen molar-refractivity contribution in [3.8, 4) is 11.8 Å². The van der Waals surface area contributed by atoms with Crippen LogP contribution in [0.3, 0.4) is 0 Å². The molecule has 1 N–H and O–H groups in total. The van der Waals surface area contributed by atoms with Crippen LogP contribution in [0.1, 0.15) is 5.56 Å². The molecule has 3 aromatic rings. The zero-order chi connectivity index (χ0) is 16.1. The summed E-state index contributed by atoms with van der Waals surface area (Å²) in [6, 6.07) is 16.2. The molecule has 0 bridgehead atoms. The summed E-state index contributed by atoms with van der Waals surface area (Å²) in [6.07, 6.45) is 1.88. The summed E-state index contributed by atoms with van der Waals surface area (Å²) in [6.45, 7) is 0.418. The third-order valence-electron chi connectivity index (χ3n) is 3.47. The van der Waals surface area contributed by atoms with Crippen LogP contribution in [0.2, 0.25) is 0 Å². The van der Waals surface area contributed by atoms with E-state index < -0.39 is 0 Å². The van der Waals surface area contributed by atoms with E-state index in [0.29, 0.717) is 5.56 Å². The molecular weight excluding hydrogens is 291 g/mol. The van der Waals surface area contributed by atoms with Crippen molar-refractivity contribution in [1.82, 2.24) is 9.88 Å². The highest BCUT2D eigenvalue weighted by Crippen LogP contribution is 2.14. The lowest BCUT2D eigenvalue weighted by molar-refractivity contribution is -0.121. The molecule has 4 heteroatoms. The quantitative estimate of drug-likeness (QED) is 0.742. The number of rotatable bonds is 3. The van der Waals surface area contributed by atoms with Crippen LogP contribution in [-0.4, -0.2) is 17.0 Å². The van der Waals surface area contributed by atoms with Gasteiger partial charge < -0.3 is 9.88 Å². The van der Waals surface area contributed by atoms with Gasteiger partial charge >= 0.3 is 0 Å². The van der Waals surface area contributed by atoms with Gasteiger partial charge in [0.2, 0.25) is 5.91 Å². The first-order valence-corrected chi connectivity index (χ1v) is 7.28. The van der Waals surface area contributed by atoms with Gasteiger partial charge in [-0.15, -0.1) is 0 Å². The third kappa shape index (κ3) is 3.58. The average Bonchev–Trinajstić information content (AvgIpc) is 2.96. The molecule has 0 saturated heterocycles. The van der Waals surface area contributed by atoms with Crippen molar-refractivity contribution in [2.24, 2.45) is 0 Å². The molecule has 0 saturated carbocycles. The molecular formula is C19H15FN2O. The van der Waals surface area contributed by atoms with Crippen molar-refractivity contribution in [3.05, 3.63) is 72.2 Å². The van der Waals surface area contributed by atoms with Crippen LogP contribution in [0.15, 0.2) is 60.8 Å². The topological polar surface area (TPSA) is 34.0 Å². The maximum atomic E-state index is 13.4. The Labute approximate surface area is 133 Å². The van der Waals surface area contributed by atoms with Crippen molar-refractivity contribution in [1.29, 1.82) is 0 Å². The number of nitrogens with zero attached hydrogens (tertiary/aromatic N) is 1. The third-order valence-corrected chi connectivity index (χ3v) is 3.47. The van der Waals surface area contributed by atoms with E-state index >= 15 is 0 Å². The number of aromatic nitrogens is 1. The predicted molar refractivity (Wildman–Crippen MR) is 88.2 cm³/mol. The van der Waals surface area contributed by atoms with E-state index in [1.54, 1.807) is 18.2 Å². The van der Waals surface area contributed by atoms with Crippen molar-refractivity contribution < 1.29 is 9.18 Å². The number of fused-ring (bicyclic) bond motifs is 1. The molecule has 0 aliphatic heterocycles. The molecule has 0 unspecified atom stereocenters. The molecule has 1 heterocycles. The van der Waals surface area contributed by atoms with Crippen LogP contribution in [0.5, 0.6) is 0 Å². The van der Waals surface area contributed by atoms with Crippen LogP contribution in [0.4, 0.5) is 4.39 Å². The molecule has 2 aromatic carbocycles. The second kappa shape index (κ2) is 6.80. The minimum absolute atomic E-state index is 0.130. The molecule has 0 aliphatic rings. The number of hydrogen-bond acceptors (Lipinski definition) is 1. The summed E-state index contributed by atoms with van der Waals surface area (Å²) in [5, 5.41) is 3.82. The van der Waals surface area contributed by atoms with Crippen molar-refractivity contribution in [2.75, 3.05) is 6.54 Å². The number of hydrogen-bond donors (Lipinski definition) is 1. The Bertz CT molecular complexity index is 902. The monoisotopic (exact) mass is 306 g/mol. The van der Waals surface area contributed by atoms with E-state index in [4.69, 9.17) is 0 Å². The van der Waals surface area contributed by atoms with E-state index in [9.17, 15) is 9.18 Å². The molecule has 3 rings (SSSR count). The lowest BCUT2D eigenvalue weighted by Crippen LogP contribution is -2.27.